The molecule has 5 nitrogen and oxygen atoms in total. The van der Waals surface area contributed by atoms with E-state index in [4.69, 9.17) is 4.74 Å². The van der Waals surface area contributed by atoms with Crippen molar-refractivity contribution in [2.24, 2.45) is 5.92 Å². The van der Waals surface area contributed by atoms with E-state index in [1.54, 1.807) is 12.1 Å². The number of halogens is 1. The molecule has 1 aliphatic carbocycles. The number of rotatable bonds is 7. The molecule has 2 N–H and O–H groups in total. The number of ether oxygens (including phenoxy) is 1. The molecule has 1 saturated heterocycles. The van der Waals surface area contributed by atoms with Gasteiger partial charge in [0.2, 0.25) is 0 Å². The number of benzene rings is 2. The summed E-state index contributed by atoms with van der Waals surface area (Å²) in [6, 6.07) is 14.4. The van der Waals surface area contributed by atoms with Gasteiger partial charge in [0.1, 0.15) is 17.7 Å². The Morgan fingerprint density at radius 2 is 1.64 bits per heavy atom. The van der Waals surface area contributed by atoms with Crippen molar-refractivity contribution >= 4 is 11.7 Å². The second-order valence-corrected chi connectivity index (χ2v) is 9.58. The molecular weight excluding hydrogens is 417 g/mol. The van der Waals surface area contributed by atoms with Crippen LogP contribution in [0.3, 0.4) is 0 Å². The Morgan fingerprint density at radius 1 is 0.970 bits per heavy atom. The highest BCUT2D eigenvalue weighted by Gasteiger charge is 2.25. The van der Waals surface area contributed by atoms with Crippen LogP contribution in [0, 0.1) is 18.7 Å². The first-order valence-corrected chi connectivity index (χ1v) is 12.3. The summed E-state index contributed by atoms with van der Waals surface area (Å²) in [6.45, 7) is 5.29. The molecule has 2 amide bonds. The first-order chi connectivity index (χ1) is 16.0. The standard InChI is InChI=1S/C27H36FN3O2/c1-20-2-8-23(9-3-20)29-27(32)30-24-10-4-21(5-11-24)14-17-31-18-15-26(16-19-31)33-25-12-6-22(28)7-13-25/h2-3,6-9,12-13,21,24,26H,4-5,10-11,14-19H2,1H3,(H2,29,30,32)/t21-,24-. The summed E-state index contributed by atoms with van der Waals surface area (Å²) in [5, 5.41) is 6.07. The van der Waals surface area contributed by atoms with E-state index in [2.05, 4.69) is 15.5 Å². The van der Waals surface area contributed by atoms with E-state index in [1.165, 1.54) is 37.0 Å². The first kappa shape index (κ1) is 23.6. The van der Waals surface area contributed by atoms with E-state index in [0.717, 1.165) is 62.7 Å². The number of nitrogens with zero attached hydrogens (tertiary/aromatic N) is 1. The number of aryl methyl sites for hydroxylation is 1. The molecule has 0 bridgehead atoms. The fraction of sp³-hybridized carbons (Fsp3) is 0.519. The molecule has 1 saturated carbocycles. The Balaban J connectivity index is 1.09. The average Bonchev–Trinajstić information content (AvgIpc) is 2.82. The lowest BCUT2D eigenvalue weighted by Crippen LogP contribution is -2.41. The molecular formula is C27H36FN3O2. The highest BCUT2D eigenvalue weighted by Crippen LogP contribution is 2.28. The molecule has 178 valence electrons. The molecule has 2 aromatic rings. The van der Waals surface area contributed by atoms with Gasteiger partial charge in [-0.15, -0.1) is 0 Å². The minimum absolute atomic E-state index is 0.104. The van der Waals surface area contributed by atoms with Gasteiger partial charge in [0.25, 0.3) is 0 Å². The summed E-state index contributed by atoms with van der Waals surface area (Å²) in [6.07, 6.45) is 7.96. The molecule has 2 fully saturated rings. The van der Waals surface area contributed by atoms with Crippen molar-refractivity contribution in [3.05, 3.63) is 59.9 Å². The van der Waals surface area contributed by atoms with Gasteiger partial charge in [0, 0.05) is 24.8 Å². The summed E-state index contributed by atoms with van der Waals surface area (Å²) in [7, 11) is 0. The van der Waals surface area contributed by atoms with Crippen molar-refractivity contribution < 1.29 is 13.9 Å². The van der Waals surface area contributed by atoms with Crippen molar-refractivity contribution in [2.45, 2.75) is 64.0 Å². The zero-order valence-corrected chi connectivity index (χ0v) is 19.6. The van der Waals surface area contributed by atoms with Crippen LogP contribution in [-0.2, 0) is 0 Å². The number of hydrogen-bond acceptors (Lipinski definition) is 3. The van der Waals surface area contributed by atoms with Gasteiger partial charge in [-0.3, -0.25) is 0 Å². The fourth-order valence-electron chi connectivity index (χ4n) is 4.91. The van der Waals surface area contributed by atoms with E-state index in [1.807, 2.05) is 31.2 Å². The summed E-state index contributed by atoms with van der Waals surface area (Å²) in [5.74, 6) is 1.27. The maximum absolute atomic E-state index is 13.0. The third-order valence-corrected chi connectivity index (χ3v) is 7.00. The number of nitrogens with one attached hydrogen (secondary N) is 2. The van der Waals surface area contributed by atoms with Crippen molar-refractivity contribution in [2.75, 3.05) is 25.0 Å². The molecule has 0 radical (unpaired) electrons. The van der Waals surface area contributed by atoms with Gasteiger partial charge in [-0.05, 0) is 101 Å². The lowest BCUT2D eigenvalue weighted by molar-refractivity contribution is 0.0950. The van der Waals surface area contributed by atoms with Gasteiger partial charge in [0.05, 0.1) is 0 Å². The quantitative estimate of drug-likeness (QED) is 0.561. The van der Waals surface area contributed by atoms with E-state index in [0.29, 0.717) is 0 Å². The molecule has 6 heteroatoms. The van der Waals surface area contributed by atoms with Gasteiger partial charge < -0.3 is 20.3 Å². The average molecular weight is 454 g/mol. The van der Waals surface area contributed by atoms with Crippen molar-refractivity contribution in [3.8, 4) is 5.75 Å². The van der Waals surface area contributed by atoms with Gasteiger partial charge in [-0.25, -0.2) is 9.18 Å². The predicted octanol–water partition coefficient (Wildman–Crippen LogP) is 5.75. The number of urea groups is 1. The van der Waals surface area contributed by atoms with Crippen LogP contribution in [0.25, 0.3) is 0 Å². The normalized spacial score (nSPS) is 22.0. The minimum atomic E-state index is -0.229. The number of likely N-dealkylation sites (tertiary alicyclic amines) is 1. The molecule has 2 aliphatic rings. The van der Waals surface area contributed by atoms with Gasteiger partial charge in [0.15, 0.2) is 0 Å². The molecule has 1 heterocycles. The lowest BCUT2D eigenvalue weighted by Gasteiger charge is -2.34. The van der Waals surface area contributed by atoms with Gasteiger partial charge >= 0.3 is 6.03 Å². The van der Waals surface area contributed by atoms with Crippen molar-refractivity contribution in [3.63, 3.8) is 0 Å². The van der Waals surface area contributed by atoms with Crippen LogP contribution in [0.15, 0.2) is 48.5 Å². The zero-order valence-electron chi connectivity index (χ0n) is 19.6. The minimum Gasteiger partial charge on any atom is -0.490 e. The SMILES string of the molecule is Cc1ccc(NC(=O)N[C@H]2CC[C@H](CCN3CCC(Oc4ccc(F)cc4)CC3)CC2)cc1. The van der Waals surface area contributed by atoms with Crippen LogP contribution in [0.4, 0.5) is 14.9 Å². The maximum atomic E-state index is 13.0. The Hall–Kier alpha value is -2.60. The second kappa shape index (κ2) is 11.5. The maximum Gasteiger partial charge on any atom is 0.319 e. The van der Waals surface area contributed by atoms with E-state index in [9.17, 15) is 9.18 Å². The monoisotopic (exact) mass is 453 g/mol. The van der Waals surface area contributed by atoms with Crippen molar-refractivity contribution in [1.29, 1.82) is 0 Å². The number of piperidine rings is 1. The summed E-state index contributed by atoms with van der Waals surface area (Å²) in [5.41, 5.74) is 2.01. The van der Waals surface area contributed by atoms with E-state index < -0.39 is 0 Å². The second-order valence-electron chi connectivity index (χ2n) is 9.58. The smallest absolute Gasteiger partial charge is 0.319 e. The summed E-state index contributed by atoms with van der Waals surface area (Å²) < 4.78 is 19.0. The van der Waals surface area contributed by atoms with Crippen LogP contribution in [0.5, 0.6) is 5.75 Å². The molecule has 0 aromatic heterocycles. The van der Waals surface area contributed by atoms with Crippen LogP contribution in [-0.4, -0.2) is 42.7 Å². The predicted molar refractivity (Wildman–Crippen MR) is 130 cm³/mol. The molecule has 33 heavy (non-hydrogen) atoms. The largest absolute Gasteiger partial charge is 0.490 e. The number of anilines is 1. The Bertz CT molecular complexity index is 871. The number of amides is 2. The topological polar surface area (TPSA) is 53.6 Å². The van der Waals surface area contributed by atoms with Gasteiger partial charge in [-0.1, -0.05) is 17.7 Å². The molecule has 0 unspecified atom stereocenters. The highest BCUT2D eigenvalue weighted by atomic mass is 19.1. The van der Waals surface area contributed by atoms with Crippen molar-refractivity contribution in [1.82, 2.24) is 10.2 Å². The van der Waals surface area contributed by atoms with Gasteiger partial charge in [-0.2, -0.15) is 0 Å². The lowest BCUT2D eigenvalue weighted by atomic mass is 9.84. The van der Waals surface area contributed by atoms with E-state index >= 15 is 0 Å². The molecule has 0 spiro atoms. The highest BCUT2D eigenvalue weighted by molar-refractivity contribution is 5.89. The fourth-order valence-corrected chi connectivity index (χ4v) is 4.91. The van der Waals surface area contributed by atoms with Crippen LogP contribution in [0.1, 0.15) is 50.5 Å². The molecule has 0 atom stereocenters. The Kier molecular flexibility index (Phi) is 8.21. The van der Waals surface area contributed by atoms with E-state index in [-0.39, 0.29) is 24.0 Å². The number of hydrogen-bond donors (Lipinski definition) is 2. The number of carbonyl (C=O) groups excluding carboxylic acids is 1. The molecule has 2 aromatic carbocycles. The van der Waals surface area contributed by atoms with Crippen LogP contribution in [0.2, 0.25) is 0 Å². The zero-order chi connectivity index (χ0) is 23.0. The third-order valence-electron chi connectivity index (χ3n) is 7.00. The molecule has 4 rings (SSSR count). The molecule has 1 aliphatic heterocycles. The summed E-state index contributed by atoms with van der Waals surface area (Å²) in [4.78, 5) is 14.8. The Morgan fingerprint density at radius 3 is 2.30 bits per heavy atom. The van der Waals surface area contributed by atoms with Crippen LogP contribution >= 0.6 is 0 Å². The summed E-state index contributed by atoms with van der Waals surface area (Å²) >= 11 is 0. The number of carbonyl (C=O) groups is 1. The Labute approximate surface area is 196 Å². The first-order valence-electron chi connectivity index (χ1n) is 12.3. The third kappa shape index (κ3) is 7.46. The van der Waals surface area contributed by atoms with Crippen LogP contribution < -0.4 is 15.4 Å².